The maximum absolute atomic E-state index is 13.0. The predicted octanol–water partition coefficient (Wildman–Crippen LogP) is 4.23. The Morgan fingerprint density at radius 1 is 1.12 bits per heavy atom. The van der Waals surface area contributed by atoms with Crippen molar-refractivity contribution in [1.82, 2.24) is 5.32 Å². The fraction of sp³-hybridized carbons (Fsp3) is 0.235. The van der Waals surface area contributed by atoms with Crippen LogP contribution in [0.5, 0.6) is 0 Å². The average Bonchev–Trinajstić information content (AvgIpc) is 2.52. The molecule has 0 spiro atoms. The van der Waals surface area contributed by atoms with Gasteiger partial charge in [-0.25, -0.2) is 0 Å². The summed E-state index contributed by atoms with van der Waals surface area (Å²) in [7, 11) is 0. The second kappa shape index (κ2) is 6.45. The van der Waals surface area contributed by atoms with Gasteiger partial charge in [0.25, 0.3) is 5.91 Å². The zero-order chi connectivity index (χ0) is 17.3. The monoisotopic (exact) mass is 355 g/mol. The average molecular weight is 356 g/mol. The quantitative estimate of drug-likeness (QED) is 0.894. The third-order valence-electron chi connectivity index (χ3n) is 3.81. The summed E-state index contributed by atoms with van der Waals surface area (Å²) in [4.78, 5) is 12.3. The molecule has 0 saturated carbocycles. The van der Waals surface area contributed by atoms with Crippen LogP contribution in [-0.2, 0) is 10.9 Å². The van der Waals surface area contributed by atoms with E-state index in [0.717, 1.165) is 17.7 Å². The van der Waals surface area contributed by atoms with E-state index in [-0.39, 0.29) is 12.6 Å². The third kappa shape index (κ3) is 3.39. The molecule has 0 aliphatic carbocycles. The van der Waals surface area contributed by atoms with Crippen LogP contribution in [-0.4, -0.2) is 18.6 Å². The van der Waals surface area contributed by atoms with Gasteiger partial charge in [0.2, 0.25) is 0 Å². The molecular formula is C17H13ClF3NO2. The van der Waals surface area contributed by atoms with E-state index in [1.54, 1.807) is 24.3 Å². The van der Waals surface area contributed by atoms with Gasteiger partial charge in [-0.2, -0.15) is 13.2 Å². The molecule has 1 N–H and O–H groups in total. The highest BCUT2D eigenvalue weighted by Gasteiger charge is 2.38. The highest BCUT2D eigenvalue weighted by Crippen LogP contribution is 2.33. The van der Waals surface area contributed by atoms with Crippen molar-refractivity contribution in [3.8, 4) is 0 Å². The van der Waals surface area contributed by atoms with Gasteiger partial charge in [-0.3, -0.25) is 4.79 Å². The smallest absolute Gasteiger partial charge is 0.369 e. The Hall–Kier alpha value is -2.05. The number of rotatable bonds is 3. The molecule has 0 unspecified atom stereocenters. The molecule has 2 aromatic rings. The van der Waals surface area contributed by atoms with E-state index >= 15 is 0 Å². The van der Waals surface area contributed by atoms with E-state index in [0.29, 0.717) is 5.02 Å². The van der Waals surface area contributed by atoms with Crippen LogP contribution < -0.4 is 5.32 Å². The minimum Gasteiger partial charge on any atom is -0.369 e. The third-order valence-corrected chi connectivity index (χ3v) is 4.06. The number of carbonyl (C=O) groups excluding carboxylic acids is 1. The van der Waals surface area contributed by atoms with E-state index in [2.05, 4.69) is 5.32 Å². The van der Waals surface area contributed by atoms with E-state index in [4.69, 9.17) is 16.3 Å². The molecule has 24 heavy (non-hydrogen) atoms. The van der Waals surface area contributed by atoms with Gasteiger partial charge in [-0.15, -0.1) is 0 Å². The number of amides is 1. The molecule has 2 atom stereocenters. The lowest BCUT2D eigenvalue weighted by molar-refractivity contribution is -0.138. The molecule has 2 aromatic carbocycles. The van der Waals surface area contributed by atoms with Gasteiger partial charge in [0, 0.05) is 5.02 Å². The molecule has 1 saturated heterocycles. The van der Waals surface area contributed by atoms with E-state index in [1.807, 2.05) is 0 Å². The largest absolute Gasteiger partial charge is 0.417 e. The summed E-state index contributed by atoms with van der Waals surface area (Å²) in [5, 5.41) is 3.18. The SMILES string of the molecule is O=C(N[C@@H]1CO[C@@H]1c1ccc(Cl)cc1)c1ccccc1C(F)(F)F. The fourth-order valence-corrected chi connectivity index (χ4v) is 2.69. The first-order valence-electron chi connectivity index (χ1n) is 7.20. The van der Waals surface area contributed by atoms with Crippen LogP contribution in [0, 0.1) is 0 Å². The summed E-state index contributed by atoms with van der Waals surface area (Å²) >= 11 is 5.82. The van der Waals surface area contributed by atoms with Gasteiger partial charge in [0.1, 0.15) is 6.10 Å². The van der Waals surface area contributed by atoms with Gasteiger partial charge in [-0.1, -0.05) is 35.9 Å². The van der Waals surface area contributed by atoms with Crippen LogP contribution in [0.4, 0.5) is 13.2 Å². The highest BCUT2D eigenvalue weighted by atomic mass is 35.5. The highest BCUT2D eigenvalue weighted by molar-refractivity contribution is 6.30. The second-order valence-electron chi connectivity index (χ2n) is 5.43. The summed E-state index contributed by atoms with van der Waals surface area (Å²) in [6.45, 7) is 0.243. The Morgan fingerprint density at radius 3 is 2.38 bits per heavy atom. The van der Waals surface area contributed by atoms with Crippen LogP contribution in [0.3, 0.4) is 0 Å². The van der Waals surface area contributed by atoms with Gasteiger partial charge in [-0.05, 0) is 29.8 Å². The van der Waals surface area contributed by atoms with Crippen molar-refractivity contribution in [3.05, 3.63) is 70.2 Å². The molecule has 3 rings (SSSR count). The number of carbonyl (C=O) groups is 1. The van der Waals surface area contributed by atoms with Crippen LogP contribution >= 0.6 is 11.6 Å². The van der Waals surface area contributed by atoms with Gasteiger partial charge >= 0.3 is 6.18 Å². The molecule has 126 valence electrons. The molecule has 3 nitrogen and oxygen atoms in total. The molecule has 0 radical (unpaired) electrons. The number of halogens is 4. The van der Waals surface area contributed by atoms with Gasteiger partial charge in [0.05, 0.1) is 23.8 Å². The molecule has 7 heteroatoms. The Morgan fingerprint density at radius 2 is 1.79 bits per heavy atom. The summed E-state index contributed by atoms with van der Waals surface area (Å²) in [6, 6.07) is 11.2. The Labute approximate surface area is 141 Å². The zero-order valence-electron chi connectivity index (χ0n) is 12.3. The van der Waals surface area contributed by atoms with Crippen molar-refractivity contribution in [2.24, 2.45) is 0 Å². The first-order chi connectivity index (χ1) is 11.4. The summed E-state index contributed by atoms with van der Waals surface area (Å²) < 4.78 is 44.4. The van der Waals surface area contributed by atoms with Crippen molar-refractivity contribution in [2.75, 3.05) is 6.61 Å². The summed E-state index contributed by atoms with van der Waals surface area (Å²) in [5.74, 6) is -0.768. The van der Waals surface area contributed by atoms with Crippen molar-refractivity contribution in [1.29, 1.82) is 0 Å². The lowest BCUT2D eigenvalue weighted by atomic mass is 9.97. The normalized spacial score (nSPS) is 20.3. The minimum atomic E-state index is -4.58. The van der Waals surface area contributed by atoms with Crippen LogP contribution in [0.25, 0.3) is 0 Å². The first-order valence-corrected chi connectivity index (χ1v) is 7.58. The Bertz CT molecular complexity index is 746. The molecule has 1 fully saturated rings. The molecule has 0 bridgehead atoms. The Balaban J connectivity index is 1.75. The number of nitrogens with one attached hydrogen (secondary N) is 1. The first kappa shape index (κ1) is 16.8. The molecule has 1 amide bonds. The van der Waals surface area contributed by atoms with E-state index < -0.39 is 29.3 Å². The van der Waals surface area contributed by atoms with Crippen LogP contribution in [0.1, 0.15) is 27.6 Å². The van der Waals surface area contributed by atoms with E-state index in [1.165, 1.54) is 12.1 Å². The predicted molar refractivity (Wildman–Crippen MR) is 82.8 cm³/mol. The minimum absolute atomic E-state index is 0.243. The summed E-state index contributed by atoms with van der Waals surface area (Å²) in [6.07, 6.45) is -4.98. The molecule has 1 aliphatic rings. The zero-order valence-corrected chi connectivity index (χ0v) is 13.1. The number of benzene rings is 2. The number of hydrogen-bond acceptors (Lipinski definition) is 2. The van der Waals surface area contributed by atoms with Crippen molar-refractivity contribution < 1.29 is 22.7 Å². The van der Waals surface area contributed by atoms with Gasteiger partial charge in [0.15, 0.2) is 0 Å². The standard InChI is InChI=1S/C17H13ClF3NO2/c18-11-7-5-10(6-8-11)15-14(9-24-15)22-16(23)12-3-1-2-4-13(12)17(19,20)21/h1-8,14-15H,9H2,(H,22,23)/t14-,15-/m1/s1. The fourth-order valence-electron chi connectivity index (χ4n) is 2.56. The summed E-state index contributed by atoms with van der Waals surface area (Å²) in [5.41, 5.74) is -0.544. The van der Waals surface area contributed by atoms with Crippen molar-refractivity contribution in [2.45, 2.75) is 18.3 Å². The van der Waals surface area contributed by atoms with E-state index in [9.17, 15) is 18.0 Å². The second-order valence-corrected chi connectivity index (χ2v) is 5.87. The molecular weight excluding hydrogens is 343 g/mol. The Kier molecular flexibility index (Phi) is 4.51. The molecule has 1 heterocycles. The van der Waals surface area contributed by atoms with Gasteiger partial charge < -0.3 is 10.1 Å². The lowest BCUT2D eigenvalue weighted by Gasteiger charge is -2.37. The topological polar surface area (TPSA) is 38.3 Å². The van der Waals surface area contributed by atoms with Crippen LogP contribution in [0.2, 0.25) is 5.02 Å². The number of alkyl halides is 3. The van der Waals surface area contributed by atoms with Crippen LogP contribution in [0.15, 0.2) is 48.5 Å². The van der Waals surface area contributed by atoms with Crippen molar-refractivity contribution >= 4 is 17.5 Å². The number of hydrogen-bond donors (Lipinski definition) is 1. The maximum Gasteiger partial charge on any atom is 0.417 e. The molecule has 1 aliphatic heterocycles. The molecule has 0 aromatic heterocycles. The maximum atomic E-state index is 13.0. The lowest BCUT2D eigenvalue weighted by Crippen LogP contribution is -2.51. The van der Waals surface area contributed by atoms with Crippen molar-refractivity contribution in [3.63, 3.8) is 0 Å². The number of ether oxygens (including phenoxy) is 1.